The van der Waals surface area contributed by atoms with Gasteiger partial charge in [-0.3, -0.25) is 0 Å². The normalized spacial score (nSPS) is 14.6. The summed E-state index contributed by atoms with van der Waals surface area (Å²) < 4.78 is 19.5. The van der Waals surface area contributed by atoms with Crippen LogP contribution in [0.1, 0.15) is 31.9 Å². The summed E-state index contributed by atoms with van der Waals surface area (Å²) in [6.45, 7) is 4.58. The topological polar surface area (TPSA) is 21.3 Å². The molecule has 2 unspecified atom stereocenters. The van der Waals surface area contributed by atoms with E-state index < -0.39 is 0 Å². The van der Waals surface area contributed by atoms with E-state index in [0.29, 0.717) is 17.2 Å². The molecule has 0 amide bonds. The summed E-state index contributed by atoms with van der Waals surface area (Å²) in [5.41, 5.74) is 0.595. The van der Waals surface area contributed by atoms with Crippen LogP contribution in [0.4, 0.5) is 4.39 Å². The van der Waals surface area contributed by atoms with Crippen molar-refractivity contribution in [2.45, 2.75) is 32.4 Å². The Hall–Kier alpha value is -0.640. The van der Waals surface area contributed by atoms with Crippen molar-refractivity contribution < 1.29 is 9.13 Å². The zero-order valence-corrected chi connectivity index (χ0v) is 11.2. The van der Waals surface area contributed by atoms with Crippen molar-refractivity contribution >= 4 is 11.6 Å². The lowest BCUT2D eigenvalue weighted by atomic mass is 9.99. The van der Waals surface area contributed by atoms with Gasteiger partial charge in [0, 0.05) is 17.2 Å². The third-order valence-corrected chi connectivity index (χ3v) is 3.00. The maximum absolute atomic E-state index is 13.8. The Morgan fingerprint density at radius 1 is 1.41 bits per heavy atom. The highest BCUT2D eigenvalue weighted by atomic mass is 35.5. The third kappa shape index (κ3) is 3.66. The molecule has 0 saturated carbocycles. The Balaban J connectivity index is 2.99. The number of likely N-dealkylation sites (N-methyl/N-ethyl adjacent to an activating group) is 1. The van der Waals surface area contributed by atoms with Crippen LogP contribution in [0.5, 0.6) is 0 Å². The number of nitrogens with one attached hydrogen (secondary N) is 1. The van der Waals surface area contributed by atoms with Gasteiger partial charge in [0.05, 0.1) is 12.1 Å². The molecule has 0 spiro atoms. The highest BCUT2D eigenvalue weighted by molar-refractivity contribution is 6.30. The molecule has 96 valence electrons. The second-order valence-electron chi connectivity index (χ2n) is 3.83. The minimum absolute atomic E-state index is 0.0410. The van der Waals surface area contributed by atoms with E-state index in [2.05, 4.69) is 5.32 Å². The number of ether oxygens (including phenoxy) is 1. The van der Waals surface area contributed by atoms with Crippen molar-refractivity contribution in [2.75, 3.05) is 13.7 Å². The quantitative estimate of drug-likeness (QED) is 0.844. The van der Waals surface area contributed by atoms with E-state index in [1.165, 1.54) is 6.07 Å². The number of benzene rings is 1. The first-order chi connectivity index (χ1) is 8.13. The van der Waals surface area contributed by atoms with Gasteiger partial charge in [-0.2, -0.15) is 0 Å². The average Bonchev–Trinajstić information content (AvgIpc) is 2.31. The van der Waals surface area contributed by atoms with Gasteiger partial charge in [-0.05, 0) is 32.5 Å². The van der Waals surface area contributed by atoms with E-state index in [4.69, 9.17) is 16.3 Å². The molecule has 0 fully saturated rings. The Labute approximate surface area is 107 Å². The molecule has 1 rings (SSSR count). The van der Waals surface area contributed by atoms with E-state index >= 15 is 0 Å². The van der Waals surface area contributed by atoms with Gasteiger partial charge in [-0.1, -0.05) is 24.6 Å². The summed E-state index contributed by atoms with van der Waals surface area (Å²) in [6.07, 6.45) is 0.780. The highest BCUT2D eigenvalue weighted by Crippen LogP contribution is 2.25. The molecule has 2 atom stereocenters. The second-order valence-corrected chi connectivity index (χ2v) is 4.27. The summed E-state index contributed by atoms with van der Waals surface area (Å²) >= 11 is 5.75. The molecule has 0 bridgehead atoms. The Bertz CT molecular complexity index is 359. The average molecular weight is 260 g/mol. The third-order valence-electron chi connectivity index (χ3n) is 2.76. The van der Waals surface area contributed by atoms with Crippen LogP contribution in [-0.2, 0) is 4.74 Å². The van der Waals surface area contributed by atoms with Crippen molar-refractivity contribution in [2.24, 2.45) is 0 Å². The maximum atomic E-state index is 13.8. The molecular formula is C13H19ClFNO. The Kier molecular flexibility index (Phi) is 5.89. The van der Waals surface area contributed by atoms with E-state index in [1.807, 2.05) is 13.8 Å². The Morgan fingerprint density at radius 2 is 2.12 bits per heavy atom. The number of halogens is 2. The van der Waals surface area contributed by atoms with Gasteiger partial charge in [0.25, 0.3) is 0 Å². The largest absolute Gasteiger partial charge is 0.377 e. The molecule has 4 heteroatoms. The van der Waals surface area contributed by atoms with Gasteiger partial charge >= 0.3 is 0 Å². The molecule has 0 heterocycles. The molecule has 2 nitrogen and oxygen atoms in total. The van der Waals surface area contributed by atoms with Crippen molar-refractivity contribution in [1.82, 2.24) is 5.32 Å². The first-order valence-electron chi connectivity index (χ1n) is 5.87. The zero-order valence-electron chi connectivity index (χ0n) is 10.5. The SMILES string of the molecule is CCOC(CC)C(NC)c1ccc(Cl)cc1F. The van der Waals surface area contributed by atoms with Crippen molar-refractivity contribution in [3.63, 3.8) is 0 Å². The molecule has 1 aromatic rings. The molecule has 0 aromatic heterocycles. The monoisotopic (exact) mass is 259 g/mol. The van der Waals surface area contributed by atoms with Crippen LogP contribution in [0, 0.1) is 5.82 Å². The number of hydrogen-bond donors (Lipinski definition) is 1. The first-order valence-corrected chi connectivity index (χ1v) is 6.25. The van der Waals surface area contributed by atoms with Crippen molar-refractivity contribution in [3.8, 4) is 0 Å². The smallest absolute Gasteiger partial charge is 0.129 e. The lowest BCUT2D eigenvalue weighted by Gasteiger charge is -2.26. The molecule has 0 aliphatic carbocycles. The Morgan fingerprint density at radius 3 is 2.59 bits per heavy atom. The summed E-state index contributed by atoms with van der Waals surface area (Å²) in [6, 6.07) is 4.58. The van der Waals surface area contributed by atoms with Gasteiger partial charge in [-0.15, -0.1) is 0 Å². The zero-order chi connectivity index (χ0) is 12.8. The van der Waals surface area contributed by atoms with Crippen LogP contribution in [0.2, 0.25) is 5.02 Å². The van der Waals surface area contributed by atoms with Gasteiger partial charge in [0.1, 0.15) is 5.82 Å². The van der Waals surface area contributed by atoms with Crippen molar-refractivity contribution in [1.29, 1.82) is 0 Å². The van der Waals surface area contributed by atoms with Crippen LogP contribution >= 0.6 is 11.6 Å². The predicted octanol–water partition coefficient (Wildman–Crippen LogP) is 3.55. The van der Waals surface area contributed by atoms with Crippen LogP contribution in [0.15, 0.2) is 18.2 Å². The predicted molar refractivity (Wildman–Crippen MR) is 68.9 cm³/mol. The number of hydrogen-bond acceptors (Lipinski definition) is 2. The maximum Gasteiger partial charge on any atom is 0.129 e. The first kappa shape index (κ1) is 14.4. The van der Waals surface area contributed by atoms with E-state index in [1.54, 1.807) is 19.2 Å². The van der Waals surface area contributed by atoms with Crippen LogP contribution in [0.3, 0.4) is 0 Å². The fraction of sp³-hybridized carbons (Fsp3) is 0.538. The lowest BCUT2D eigenvalue weighted by Crippen LogP contribution is -2.32. The van der Waals surface area contributed by atoms with Crippen LogP contribution in [0.25, 0.3) is 0 Å². The van der Waals surface area contributed by atoms with E-state index in [9.17, 15) is 4.39 Å². The lowest BCUT2D eigenvalue weighted by molar-refractivity contribution is 0.0325. The van der Waals surface area contributed by atoms with Gasteiger partial charge in [-0.25, -0.2) is 4.39 Å². The van der Waals surface area contributed by atoms with Gasteiger partial charge in [0.15, 0.2) is 0 Å². The minimum Gasteiger partial charge on any atom is -0.377 e. The molecule has 1 N–H and O–H groups in total. The molecule has 1 aromatic carbocycles. The summed E-state index contributed by atoms with van der Waals surface area (Å²) in [5, 5.41) is 3.51. The summed E-state index contributed by atoms with van der Waals surface area (Å²) in [5.74, 6) is -0.296. The van der Waals surface area contributed by atoms with E-state index in [0.717, 1.165) is 6.42 Å². The molecule has 0 aliphatic rings. The second kappa shape index (κ2) is 6.94. The van der Waals surface area contributed by atoms with Crippen molar-refractivity contribution in [3.05, 3.63) is 34.6 Å². The van der Waals surface area contributed by atoms with Gasteiger partial charge in [0.2, 0.25) is 0 Å². The van der Waals surface area contributed by atoms with Crippen LogP contribution in [-0.4, -0.2) is 19.8 Å². The molecule has 17 heavy (non-hydrogen) atoms. The molecule has 0 radical (unpaired) electrons. The van der Waals surface area contributed by atoms with E-state index in [-0.39, 0.29) is 18.0 Å². The fourth-order valence-electron chi connectivity index (χ4n) is 1.96. The molecule has 0 saturated heterocycles. The van der Waals surface area contributed by atoms with Gasteiger partial charge < -0.3 is 10.1 Å². The fourth-order valence-corrected chi connectivity index (χ4v) is 2.12. The molecular weight excluding hydrogens is 241 g/mol. The summed E-state index contributed by atoms with van der Waals surface area (Å²) in [4.78, 5) is 0. The van der Waals surface area contributed by atoms with Crippen LogP contribution < -0.4 is 5.32 Å². The molecule has 0 aliphatic heterocycles. The highest BCUT2D eigenvalue weighted by Gasteiger charge is 2.23. The summed E-state index contributed by atoms with van der Waals surface area (Å²) in [7, 11) is 1.81. The minimum atomic E-state index is -0.296. The number of rotatable bonds is 6. The standard InChI is InChI=1S/C13H19ClFNO/c1-4-12(17-5-2)13(16-3)10-7-6-9(14)8-11(10)15/h6-8,12-13,16H,4-5H2,1-3H3.